The molecule has 2 rings (SSSR count). The Hall–Kier alpha value is -3.10. The predicted molar refractivity (Wildman–Crippen MR) is 87.9 cm³/mol. The molecule has 9 heteroatoms. The van der Waals surface area contributed by atoms with Gasteiger partial charge in [0.1, 0.15) is 11.6 Å². The molecule has 0 bridgehead atoms. The van der Waals surface area contributed by atoms with Gasteiger partial charge in [0.2, 0.25) is 0 Å². The number of amides is 1. The highest BCUT2D eigenvalue weighted by molar-refractivity contribution is 5.98. The number of nitrogens with one attached hydrogen (secondary N) is 1. The molecular formula is C18H15F4NO4. The molecule has 0 heterocycles. The monoisotopic (exact) mass is 385 g/mol. The zero-order valence-electron chi connectivity index (χ0n) is 14.3. The lowest BCUT2D eigenvalue weighted by Gasteiger charge is -2.17. The van der Waals surface area contributed by atoms with Crippen molar-refractivity contribution in [3.63, 3.8) is 0 Å². The van der Waals surface area contributed by atoms with E-state index in [1.165, 1.54) is 25.3 Å². The molecule has 0 aliphatic heterocycles. The van der Waals surface area contributed by atoms with Crippen LogP contribution in [0.2, 0.25) is 0 Å². The van der Waals surface area contributed by atoms with Crippen LogP contribution in [0.1, 0.15) is 22.8 Å². The van der Waals surface area contributed by atoms with Gasteiger partial charge in [0, 0.05) is 6.07 Å². The Bertz CT molecular complexity index is 851. The highest BCUT2D eigenvalue weighted by Crippen LogP contribution is 2.34. The Morgan fingerprint density at radius 1 is 1.11 bits per heavy atom. The van der Waals surface area contributed by atoms with E-state index in [1.54, 1.807) is 0 Å². The van der Waals surface area contributed by atoms with Gasteiger partial charge in [-0.2, -0.15) is 13.2 Å². The Morgan fingerprint density at radius 3 is 2.37 bits per heavy atom. The van der Waals surface area contributed by atoms with Crippen LogP contribution < -0.4 is 10.1 Å². The third kappa shape index (κ3) is 4.96. The van der Waals surface area contributed by atoms with E-state index in [2.05, 4.69) is 5.32 Å². The number of ether oxygens (including phenoxy) is 2. The topological polar surface area (TPSA) is 64.6 Å². The van der Waals surface area contributed by atoms with Crippen LogP contribution >= 0.6 is 0 Å². The van der Waals surface area contributed by atoms with Crippen LogP contribution in [0.25, 0.3) is 0 Å². The minimum absolute atomic E-state index is 0.179. The fraction of sp³-hybridized carbons (Fsp3) is 0.222. The summed E-state index contributed by atoms with van der Waals surface area (Å²) in [5.41, 5.74) is -1.96. The Balaban J connectivity index is 2.10. The maximum Gasteiger partial charge on any atom is 0.418 e. The summed E-state index contributed by atoms with van der Waals surface area (Å²) in [7, 11) is 1.32. The molecule has 2 aromatic rings. The molecular weight excluding hydrogens is 370 g/mol. The first-order valence-corrected chi connectivity index (χ1v) is 7.65. The number of benzene rings is 2. The molecule has 1 amide bonds. The van der Waals surface area contributed by atoms with Gasteiger partial charge in [-0.25, -0.2) is 9.18 Å². The van der Waals surface area contributed by atoms with E-state index >= 15 is 0 Å². The molecule has 0 spiro atoms. The van der Waals surface area contributed by atoms with Crippen LogP contribution in [0.3, 0.4) is 0 Å². The number of methoxy groups -OCH3 is 1. The number of hydrogen-bond acceptors (Lipinski definition) is 4. The fourth-order valence-electron chi connectivity index (χ4n) is 2.14. The van der Waals surface area contributed by atoms with Crippen molar-refractivity contribution >= 4 is 17.6 Å². The summed E-state index contributed by atoms with van der Waals surface area (Å²) in [6.45, 7) is 1.16. The van der Waals surface area contributed by atoms with Crippen molar-refractivity contribution in [1.29, 1.82) is 0 Å². The Labute approximate surface area is 151 Å². The third-order valence-corrected chi connectivity index (χ3v) is 3.54. The molecule has 0 saturated carbocycles. The second-order valence-corrected chi connectivity index (χ2v) is 5.43. The van der Waals surface area contributed by atoms with Crippen molar-refractivity contribution in [3.8, 4) is 5.75 Å². The zero-order valence-corrected chi connectivity index (χ0v) is 14.3. The molecule has 0 saturated heterocycles. The van der Waals surface area contributed by atoms with Gasteiger partial charge in [0.15, 0.2) is 6.10 Å². The van der Waals surface area contributed by atoms with Crippen molar-refractivity contribution < 1.29 is 36.6 Å². The first-order valence-electron chi connectivity index (χ1n) is 7.65. The van der Waals surface area contributed by atoms with Crippen molar-refractivity contribution in [2.45, 2.75) is 19.2 Å². The summed E-state index contributed by atoms with van der Waals surface area (Å²) in [6, 6.07) is 7.76. The minimum atomic E-state index is -4.67. The van der Waals surface area contributed by atoms with E-state index in [1.807, 2.05) is 0 Å². The van der Waals surface area contributed by atoms with Crippen molar-refractivity contribution in [2.75, 3.05) is 12.4 Å². The lowest BCUT2D eigenvalue weighted by molar-refractivity contribution is -0.137. The standard InChI is InChI=1S/C18H15F4NO4/c1-10(27-17(25)12-8-7-11(26-2)9-14(12)19)16(24)23-15-6-4-3-5-13(15)18(20,21)22/h3-10H,1-2H3,(H,23,24)/t10-/m1/s1. The molecule has 27 heavy (non-hydrogen) atoms. The number of anilines is 1. The first-order chi connectivity index (χ1) is 12.6. The predicted octanol–water partition coefficient (Wildman–Crippen LogP) is 4.04. The van der Waals surface area contributed by atoms with E-state index in [0.717, 1.165) is 31.2 Å². The zero-order chi connectivity index (χ0) is 20.2. The van der Waals surface area contributed by atoms with E-state index < -0.39 is 46.8 Å². The first kappa shape index (κ1) is 20.2. The van der Waals surface area contributed by atoms with Gasteiger partial charge >= 0.3 is 12.1 Å². The number of halogens is 4. The lowest BCUT2D eigenvalue weighted by Crippen LogP contribution is -2.31. The van der Waals surface area contributed by atoms with Gasteiger partial charge in [-0.1, -0.05) is 12.1 Å². The molecule has 0 aliphatic carbocycles. The second kappa shape index (κ2) is 8.07. The van der Waals surface area contributed by atoms with Gasteiger partial charge in [-0.3, -0.25) is 4.79 Å². The molecule has 5 nitrogen and oxygen atoms in total. The summed E-state index contributed by atoms with van der Waals surface area (Å²) in [5, 5.41) is 2.06. The lowest BCUT2D eigenvalue weighted by atomic mass is 10.1. The Morgan fingerprint density at radius 2 is 1.78 bits per heavy atom. The number of rotatable bonds is 5. The summed E-state index contributed by atoms with van der Waals surface area (Å²) in [6.07, 6.45) is -6.13. The van der Waals surface area contributed by atoms with Gasteiger partial charge in [-0.15, -0.1) is 0 Å². The van der Waals surface area contributed by atoms with Gasteiger partial charge in [-0.05, 0) is 31.2 Å². The number of para-hydroxylation sites is 1. The molecule has 1 N–H and O–H groups in total. The summed E-state index contributed by atoms with van der Waals surface area (Å²) < 4.78 is 62.4. The fourth-order valence-corrected chi connectivity index (χ4v) is 2.14. The van der Waals surface area contributed by atoms with Gasteiger partial charge in [0.25, 0.3) is 5.91 Å². The van der Waals surface area contributed by atoms with E-state index in [-0.39, 0.29) is 5.75 Å². The number of esters is 1. The van der Waals surface area contributed by atoms with Crippen LogP contribution in [0.5, 0.6) is 5.75 Å². The number of alkyl halides is 3. The summed E-state index contributed by atoms with van der Waals surface area (Å²) in [5.74, 6) is -2.87. The summed E-state index contributed by atoms with van der Waals surface area (Å²) in [4.78, 5) is 24.1. The van der Waals surface area contributed by atoms with Gasteiger partial charge < -0.3 is 14.8 Å². The van der Waals surface area contributed by atoms with E-state index in [4.69, 9.17) is 9.47 Å². The van der Waals surface area contributed by atoms with Crippen LogP contribution in [-0.2, 0) is 15.7 Å². The normalized spacial score (nSPS) is 12.2. The molecule has 0 fully saturated rings. The van der Waals surface area contributed by atoms with Crippen molar-refractivity contribution in [1.82, 2.24) is 0 Å². The number of carbonyl (C=O) groups is 2. The highest BCUT2D eigenvalue weighted by Gasteiger charge is 2.34. The molecule has 0 aromatic heterocycles. The van der Waals surface area contributed by atoms with Crippen LogP contribution in [0, 0.1) is 5.82 Å². The van der Waals surface area contributed by atoms with Crippen molar-refractivity contribution in [3.05, 3.63) is 59.4 Å². The second-order valence-electron chi connectivity index (χ2n) is 5.43. The summed E-state index contributed by atoms with van der Waals surface area (Å²) >= 11 is 0. The van der Waals surface area contributed by atoms with Crippen LogP contribution in [0.15, 0.2) is 42.5 Å². The SMILES string of the molecule is COc1ccc(C(=O)O[C@H](C)C(=O)Nc2ccccc2C(F)(F)F)c(F)c1. The quantitative estimate of drug-likeness (QED) is 0.623. The van der Waals surface area contributed by atoms with E-state index in [9.17, 15) is 27.2 Å². The Kier molecular flexibility index (Phi) is 6.04. The average Bonchev–Trinajstić information content (AvgIpc) is 2.60. The minimum Gasteiger partial charge on any atom is -0.497 e. The number of carbonyl (C=O) groups excluding carboxylic acids is 2. The van der Waals surface area contributed by atoms with Crippen molar-refractivity contribution in [2.24, 2.45) is 0 Å². The third-order valence-electron chi connectivity index (χ3n) is 3.54. The molecule has 144 valence electrons. The molecule has 2 aromatic carbocycles. The molecule has 0 radical (unpaired) electrons. The smallest absolute Gasteiger partial charge is 0.418 e. The molecule has 1 atom stereocenters. The van der Waals surface area contributed by atoms with E-state index in [0.29, 0.717) is 0 Å². The van der Waals surface area contributed by atoms with Gasteiger partial charge in [0.05, 0.1) is 23.9 Å². The maximum atomic E-state index is 13.9. The molecule has 0 aliphatic rings. The highest BCUT2D eigenvalue weighted by atomic mass is 19.4. The van der Waals surface area contributed by atoms with Crippen LogP contribution in [-0.4, -0.2) is 25.1 Å². The molecule has 0 unspecified atom stereocenters. The average molecular weight is 385 g/mol. The maximum absolute atomic E-state index is 13.9. The largest absolute Gasteiger partial charge is 0.497 e. The number of hydrogen-bond donors (Lipinski definition) is 1. The van der Waals surface area contributed by atoms with Crippen LogP contribution in [0.4, 0.5) is 23.2 Å².